The van der Waals surface area contributed by atoms with Gasteiger partial charge in [-0.05, 0) is 99.8 Å². The molecule has 0 radical (unpaired) electrons. The van der Waals surface area contributed by atoms with Crippen molar-refractivity contribution in [2.75, 3.05) is 4.90 Å². The molecule has 1 fully saturated rings. The first kappa shape index (κ1) is 23.6. The fourth-order valence-corrected chi connectivity index (χ4v) is 5.01. The average Bonchev–Trinajstić information content (AvgIpc) is 3.04. The first-order valence-corrected chi connectivity index (χ1v) is 11.8. The number of benzene rings is 2. The van der Waals surface area contributed by atoms with Gasteiger partial charge in [-0.15, -0.1) is 0 Å². The van der Waals surface area contributed by atoms with Crippen LogP contribution in [0.1, 0.15) is 46.1 Å². The minimum Gasteiger partial charge on any atom is -0.317 e. The predicted molar refractivity (Wildman–Crippen MR) is 141 cm³/mol. The summed E-state index contributed by atoms with van der Waals surface area (Å²) in [7, 11) is 0. The van der Waals surface area contributed by atoms with Crippen LogP contribution in [0.4, 0.5) is 5.69 Å². The van der Waals surface area contributed by atoms with E-state index in [4.69, 9.17) is 12.2 Å². The molecule has 1 N–H and O–H groups in total. The van der Waals surface area contributed by atoms with Crippen molar-refractivity contribution in [2.24, 2.45) is 0 Å². The summed E-state index contributed by atoms with van der Waals surface area (Å²) in [6.45, 7) is 12.4. The number of hydrogen-bond acceptors (Lipinski definition) is 3. The van der Waals surface area contributed by atoms with Gasteiger partial charge in [0.05, 0.1) is 11.4 Å². The Balaban J connectivity index is 1.78. The van der Waals surface area contributed by atoms with E-state index in [2.05, 4.69) is 49.7 Å². The molecular weight excluding hydrogens is 442 g/mol. The molecule has 1 aliphatic rings. The number of nitrogens with one attached hydrogen (secondary N) is 1. The summed E-state index contributed by atoms with van der Waals surface area (Å²) in [5, 5.41) is 2.77. The highest BCUT2D eigenvalue weighted by molar-refractivity contribution is 7.80. The van der Waals surface area contributed by atoms with E-state index in [1.807, 2.05) is 44.2 Å². The maximum absolute atomic E-state index is 13.4. The summed E-state index contributed by atoms with van der Waals surface area (Å²) in [4.78, 5) is 27.6. The van der Waals surface area contributed by atoms with Crippen LogP contribution in [0.3, 0.4) is 0 Å². The lowest BCUT2D eigenvalue weighted by molar-refractivity contribution is -0.122. The fraction of sp³-hybridized carbons (Fsp3) is 0.250. The number of thiocarbonyl (C=S) groups is 1. The van der Waals surface area contributed by atoms with Gasteiger partial charge in [0.1, 0.15) is 5.57 Å². The van der Waals surface area contributed by atoms with E-state index in [1.165, 1.54) is 21.6 Å². The lowest BCUT2D eigenvalue weighted by Crippen LogP contribution is -2.54. The first-order chi connectivity index (χ1) is 16.1. The maximum atomic E-state index is 13.4. The van der Waals surface area contributed by atoms with Crippen molar-refractivity contribution in [2.45, 2.75) is 48.0 Å². The molecule has 3 aromatic rings. The Morgan fingerprint density at radius 2 is 1.56 bits per heavy atom. The minimum absolute atomic E-state index is 0.0609. The molecule has 174 valence electrons. The fourth-order valence-electron chi connectivity index (χ4n) is 4.73. The van der Waals surface area contributed by atoms with Crippen molar-refractivity contribution in [3.8, 4) is 5.69 Å². The van der Waals surface area contributed by atoms with E-state index >= 15 is 0 Å². The quantitative estimate of drug-likeness (QED) is 0.314. The molecule has 1 saturated heterocycles. The van der Waals surface area contributed by atoms with Crippen molar-refractivity contribution in [3.63, 3.8) is 0 Å². The third-order valence-electron chi connectivity index (χ3n) is 6.33. The van der Waals surface area contributed by atoms with Crippen molar-refractivity contribution < 1.29 is 9.59 Å². The normalized spacial score (nSPS) is 15.3. The van der Waals surface area contributed by atoms with Gasteiger partial charge in [0, 0.05) is 11.4 Å². The summed E-state index contributed by atoms with van der Waals surface area (Å²) < 4.78 is 2.19. The van der Waals surface area contributed by atoms with E-state index in [1.54, 1.807) is 6.08 Å². The molecule has 2 heterocycles. The zero-order valence-corrected chi connectivity index (χ0v) is 21.3. The molecule has 6 heteroatoms. The van der Waals surface area contributed by atoms with Crippen LogP contribution in [0.2, 0.25) is 0 Å². The minimum atomic E-state index is -0.482. The number of amides is 2. The third kappa shape index (κ3) is 4.10. The van der Waals surface area contributed by atoms with E-state index < -0.39 is 11.8 Å². The number of rotatable bonds is 4. The lowest BCUT2D eigenvalue weighted by atomic mass is 10.0. The Labute approximate surface area is 206 Å². The molecule has 2 amide bonds. The van der Waals surface area contributed by atoms with Gasteiger partial charge in [0.2, 0.25) is 0 Å². The van der Waals surface area contributed by atoms with Crippen LogP contribution in [-0.4, -0.2) is 21.5 Å². The molecule has 0 saturated carbocycles. The molecule has 5 nitrogen and oxygen atoms in total. The van der Waals surface area contributed by atoms with Crippen molar-refractivity contribution >= 4 is 40.9 Å². The van der Waals surface area contributed by atoms with Crippen LogP contribution in [0.5, 0.6) is 0 Å². The van der Waals surface area contributed by atoms with Gasteiger partial charge >= 0.3 is 0 Å². The summed E-state index contributed by atoms with van der Waals surface area (Å²) in [5.74, 6) is -0.908. The Morgan fingerprint density at radius 3 is 2.15 bits per heavy atom. The molecule has 0 unspecified atom stereocenters. The summed E-state index contributed by atoms with van der Waals surface area (Å²) >= 11 is 5.34. The summed E-state index contributed by atoms with van der Waals surface area (Å²) in [6, 6.07) is 14.0. The molecule has 4 rings (SSSR count). The standard InChI is InChI=1S/C28H29N3O2S/c1-7-21-8-10-23(11-9-21)31-27(33)24(26(32)29-28(31)34)15-22-14-19(5)30(20(22)6)25-17(3)12-16(2)13-18(25)4/h8-15H,7H2,1-6H3,(H,29,32,34)/b24-15+. The molecule has 0 aliphatic carbocycles. The number of anilines is 1. The molecule has 0 bridgehead atoms. The van der Waals surface area contributed by atoms with Crippen molar-refractivity contribution in [3.05, 3.63) is 87.2 Å². The van der Waals surface area contributed by atoms with E-state index in [0.29, 0.717) is 5.69 Å². The SMILES string of the molecule is CCc1ccc(N2C(=O)/C(=C/c3cc(C)n(-c4c(C)cc(C)cc4C)c3C)C(=O)NC2=S)cc1. The van der Waals surface area contributed by atoms with Gasteiger partial charge in [-0.3, -0.25) is 19.8 Å². The molecule has 2 aromatic carbocycles. The summed E-state index contributed by atoms with van der Waals surface area (Å²) in [6.07, 6.45) is 2.57. The van der Waals surface area contributed by atoms with Gasteiger partial charge in [0.15, 0.2) is 5.11 Å². The molecule has 34 heavy (non-hydrogen) atoms. The first-order valence-electron chi connectivity index (χ1n) is 11.4. The Bertz CT molecular complexity index is 1340. The predicted octanol–water partition coefficient (Wildman–Crippen LogP) is 5.41. The van der Waals surface area contributed by atoms with Crippen LogP contribution in [0.25, 0.3) is 11.8 Å². The highest BCUT2D eigenvalue weighted by Crippen LogP contribution is 2.29. The number of carbonyl (C=O) groups is 2. The number of nitrogens with zero attached hydrogens (tertiary/aromatic N) is 2. The van der Waals surface area contributed by atoms with E-state index in [-0.39, 0.29) is 10.7 Å². The van der Waals surface area contributed by atoms with Crippen LogP contribution in [0.15, 0.2) is 48.0 Å². The van der Waals surface area contributed by atoms with Gasteiger partial charge in [-0.1, -0.05) is 36.8 Å². The largest absolute Gasteiger partial charge is 0.317 e. The summed E-state index contributed by atoms with van der Waals surface area (Å²) in [5.41, 5.74) is 9.38. The molecule has 1 aliphatic heterocycles. The topological polar surface area (TPSA) is 54.3 Å². The number of carbonyl (C=O) groups excluding carboxylic acids is 2. The lowest BCUT2D eigenvalue weighted by Gasteiger charge is -2.29. The highest BCUT2D eigenvalue weighted by atomic mass is 32.1. The van der Waals surface area contributed by atoms with E-state index in [0.717, 1.165) is 34.6 Å². The molecule has 1 aromatic heterocycles. The van der Waals surface area contributed by atoms with Gasteiger partial charge in [0.25, 0.3) is 11.8 Å². The molecule has 0 spiro atoms. The van der Waals surface area contributed by atoms with Gasteiger partial charge in [-0.2, -0.15) is 0 Å². The zero-order chi connectivity index (χ0) is 24.7. The highest BCUT2D eigenvalue weighted by Gasteiger charge is 2.34. The Hall–Kier alpha value is -3.51. The van der Waals surface area contributed by atoms with Crippen molar-refractivity contribution in [1.29, 1.82) is 0 Å². The van der Waals surface area contributed by atoms with Gasteiger partial charge < -0.3 is 4.57 Å². The van der Waals surface area contributed by atoms with Crippen molar-refractivity contribution in [1.82, 2.24) is 9.88 Å². The third-order valence-corrected chi connectivity index (χ3v) is 6.62. The second kappa shape index (κ2) is 9.03. The van der Waals surface area contributed by atoms with Gasteiger partial charge in [-0.25, -0.2) is 0 Å². The zero-order valence-electron chi connectivity index (χ0n) is 20.4. The second-order valence-electron chi connectivity index (χ2n) is 8.89. The second-order valence-corrected chi connectivity index (χ2v) is 9.27. The smallest absolute Gasteiger partial charge is 0.270 e. The van der Waals surface area contributed by atoms with Crippen LogP contribution in [0, 0.1) is 34.6 Å². The number of hydrogen-bond donors (Lipinski definition) is 1. The van der Waals surface area contributed by atoms with E-state index in [9.17, 15) is 9.59 Å². The van der Waals surface area contributed by atoms with Crippen LogP contribution < -0.4 is 10.2 Å². The Morgan fingerprint density at radius 1 is 0.941 bits per heavy atom. The molecule has 0 atom stereocenters. The molecular formula is C28H29N3O2S. The average molecular weight is 472 g/mol. The maximum Gasteiger partial charge on any atom is 0.270 e. The monoisotopic (exact) mass is 471 g/mol. The van der Waals surface area contributed by atoms with Crippen LogP contribution >= 0.6 is 12.2 Å². The Kier molecular flexibility index (Phi) is 6.28. The number of aryl methyl sites for hydroxylation is 5. The van der Waals surface area contributed by atoms with Crippen LogP contribution in [-0.2, 0) is 16.0 Å². The number of aromatic nitrogens is 1.